The summed E-state index contributed by atoms with van der Waals surface area (Å²) in [6, 6.07) is 2.14. The highest BCUT2D eigenvalue weighted by Crippen LogP contribution is 2.05. The van der Waals surface area contributed by atoms with Crippen LogP contribution in [0.1, 0.15) is 26.7 Å². The molecule has 0 saturated heterocycles. The van der Waals surface area contributed by atoms with Crippen LogP contribution in [0.5, 0.6) is 0 Å². The molecular weight excluding hydrogens is 200 g/mol. The molecule has 0 aliphatic heterocycles. The van der Waals surface area contributed by atoms with Gasteiger partial charge in [-0.1, -0.05) is 6.92 Å². The highest BCUT2D eigenvalue weighted by atomic mass is 15.2. The van der Waals surface area contributed by atoms with Crippen LogP contribution in [0.25, 0.3) is 0 Å². The molecule has 0 radical (unpaired) electrons. The molecule has 0 amide bonds. The predicted octanol–water partition coefficient (Wildman–Crippen LogP) is 0.891. The minimum Gasteiger partial charge on any atom is -0.314 e. The zero-order valence-corrected chi connectivity index (χ0v) is 11.2. The highest BCUT2D eigenvalue weighted by molar-refractivity contribution is 5.01. The lowest BCUT2D eigenvalue weighted by atomic mass is 10.0. The van der Waals surface area contributed by atoms with Crippen LogP contribution >= 0.6 is 0 Å². The van der Waals surface area contributed by atoms with Crippen molar-refractivity contribution in [2.24, 2.45) is 5.73 Å². The minimum absolute atomic E-state index is 0.690. The second-order valence-corrected chi connectivity index (χ2v) is 4.92. The molecule has 16 heavy (non-hydrogen) atoms. The minimum atomic E-state index is -0.690. The van der Waals surface area contributed by atoms with E-state index in [-0.39, 0.29) is 0 Å². The van der Waals surface area contributed by atoms with Gasteiger partial charge in [-0.25, -0.2) is 0 Å². The van der Waals surface area contributed by atoms with E-state index in [0.29, 0.717) is 0 Å². The average molecular weight is 226 g/mol. The quantitative estimate of drug-likeness (QED) is 0.668. The summed E-state index contributed by atoms with van der Waals surface area (Å²) in [7, 11) is 4.15. The normalized spacial score (nSPS) is 15.1. The monoisotopic (exact) mass is 226 g/mol. The third-order valence-electron chi connectivity index (χ3n) is 2.61. The van der Waals surface area contributed by atoms with Crippen molar-refractivity contribution in [2.45, 2.75) is 32.2 Å². The van der Waals surface area contributed by atoms with E-state index < -0.39 is 5.54 Å². The van der Waals surface area contributed by atoms with Crippen molar-refractivity contribution >= 4 is 0 Å². The number of likely N-dealkylation sites (N-methyl/N-ethyl adjacent to an activating group) is 1. The van der Waals surface area contributed by atoms with Crippen molar-refractivity contribution in [2.75, 3.05) is 40.3 Å². The van der Waals surface area contributed by atoms with E-state index in [0.717, 1.165) is 39.0 Å². The van der Waals surface area contributed by atoms with Gasteiger partial charge >= 0.3 is 0 Å². The lowest BCUT2D eigenvalue weighted by molar-refractivity contribution is 0.229. The van der Waals surface area contributed by atoms with Crippen molar-refractivity contribution in [1.82, 2.24) is 9.80 Å². The summed E-state index contributed by atoms with van der Waals surface area (Å²) >= 11 is 0. The van der Waals surface area contributed by atoms with Gasteiger partial charge in [0.1, 0.15) is 5.54 Å². The molecule has 0 aromatic heterocycles. The third kappa shape index (κ3) is 7.63. The summed E-state index contributed by atoms with van der Waals surface area (Å²) in [6.45, 7) is 8.05. The average Bonchev–Trinajstić information content (AvgIpc) is 2.22. The predicted molar refractivity (Wildman–Crippen MR) is 68.1 cm³/mol. The maximum absolute atomic E-state index is 8.85. The number of nitrogens with zero attached hydrogens (tertiary/aromatic N) is 3. The largest absolute Gasteiger partial charge is 0.314 e. The first-order valence-electron chi connectivity index (χ1n) is 5.98. The molecule has 0 aliphatic carbocycles. The highest BCUT2D eigenvalue weighted by Gasteiger charge is 2.18. The van der Waals surface area contributed by atoms with E-state index in [1.807, 2.05) is 0 Å². The number of rotatable bonds is 8. The third-order valence-corrected chi connectivity index (χ3v) is 2.61. The molecule has 1 atom stereocenters. The van der Waals surface area contributed by atoms with Gasteiger partial charge in [0.25, 0.3) is 0 Å². The van der Waals surface area contributed by atoms with Crippen LogP contribution in [0, 0.1) is 11.3 Å². The van der Waals surface area contributed by atoms with Gasteiger partial charge in [0.2, 0.25) is 0 Å². The molecule has 0 aliphatic rings. The Balaban J connectivity index is 3.99. The first-order chi connectivity index (χ1) is 7.41. The van der Waals surface area contributed by atoms with Crippen LogP contribution in [0.2, 0.25) is 0 Å². The fourth-order valence-electron chi connectivity index (χ4n) is 1.44. The van der Waals surface area contributed by atoms with Crippen LogP contribution < -0.4 is 5.73 Å². The molecule has 0 bridgehead atoms. The van der Waals surface area contributed by atoms with Gasteiger partial charge in [0, 0.05) is 19.6 Å². The molecule has 0 spiro atoms. The molecule has 94 valence electrons. The smallest absolute Gasteiger partial charge is 0.102 e. The maximum atomic E-state index is 8.85. The van der Waals surface area contributed by atoms with Crippen molar-refractivity contribution in [3.05, 3.63) is 0 Å². The summed E-state index contributed by atoms with van der Waals surface area (Å²) in [5.41, 5.74) is 5.13. The van der Waals surface area contributed by atoms with Gasteiger partial charge in [-0.3, -0.25) is 0 Å². The van der Waals surface area contributed by atoms with Crippen molar-refractivity contribution in [3.63, 3.8) is 0 Å². The Morgan fingerprint density at radius 1 is 1.19 bits per heavy atom. The van der Waals surface area contributed by atoms with E-state index in [2.05, 4.69) is 36.9 Å². The van der Waals surface area contributed by atoms with E-state index >= 15 is 0 Å². The number of hydrogen-bond donors (Lipinski definition) is 1. The topological polar surface area (TPSA) is 56.3 Å². The standard InChI is InChI=1S/C12H26N4/c1-5-7-16(10-9-15(3)4)8-6-12(2,14)11-13/h5-10,14H2,1-4H3. The van der Waals surface area contributed by atoms with Crippen molar-refractivity contribution < 1.29 is 0 Å². The number of hydrogen-bond acceptors (Lipinski definition) is 4. The van der Waals surface area contributed by atoms with Crippen LogP contribution in [-0.2, 0) is 0 Å². The van der Waals surface area contributed by atoms with E-state index in [1.54, 1.807) is 6.92 Å². The molecule has 0 aromatic carbocycles. The zero-order chi connectivity index (χ0) is 12.6. The Morgan fingerprint density at radius 3 is 2.25 bits per heavy atom. The first kappa shape index (κ1) is 15.4. The fraction of sp³-hybridized carbons (Fsp3) is 0.917. The van der Waals surface area contributed by atoms with Gasteiger partial charge < -0.3 is 15.5 Å². The molecule has 0 rings (SSSR count). The zero-order valence-electron chi connectivity index (χ0n) is 11.2. The number of nitrogens with two attached hydrogens (primary N) is 1. The summed E-state index contributed by atoms with van der Waals surface area (Å²) < 4.78 is 0. The Bertz CT molecular complexity index is 218. The molecular formula is C12H26N4. The van der Waals surface area contributed by atoms with Crippen LogP contribution in [0.15, 0.2) is 0 Å². The summed E-state index contributed by atoms with van der Waals surface area (Å²) in [6.07, 6.45) is 1.87. The van der Waals surface area contributed by atoms with E-state index in [4.69, 9.17) is 11.0 Å². The van der Waals surface area contributed by atoms with Crippen LogP contribution in [0.3, 0.4) is 0 Å². The lowest BCUT2D eigenvalue weighted by Crippen LogP contribution is -2.40. The van der Waals surface area contributed by atoms with Gasteiger partial charge in [0.05, 0.1) is 6.07 Å². The lowest BCUT2D eigenvalue weighted by Gasteiger charge is -2.26. The van der Waals surface area contributed by atoms with Gasteiger partial charge in [0.15, 0.2) is 0 Å². The molecule has 0 saturated carbocycles. The molecule has 1 unspecified atom stereocenters. The first-order valence-corrected chi connectivity index (χ1v) is 5.98. The van der Waals surface area contributed by atoms with Crippen LogP contribution in [-0.4, -0.2) is 55.6 Å². The molecule has 4 nitrogen and oxygen atoms in total. The Labute approximate surface area is 100 Å². The second kappa shape index (κ2) is 7.61. The fourth-order valence-corrected chi connectivity index (χ4v) is 1.44. The molecule has 2 N–H and O–H groups in total. The van der Waals surface area contributed by atoms with Crippen molar-refractivity contribution in [1.29, 1.82) is 5.26 Å². The van der Waals surface area contributed by atoms with Crippen molar-refractivity contribution in [3.8, 4) is 6.07 Å². The second-order valence-electron chi connectivity index (χ2n) is 4.92. The Hall–Kier alpha value is -0.630. The summed E-state index contributed by atoms with van der Waals surface area (Å²) in [4.78, 5) is 4.55. The Morgan fingerprint density at radius 2 is 1.81 bits per heavy atom. The molecule has 4 heteroatoms. The van der Waals surface area contributed by atoms with Gasteiger partial charge in [-0.15, -0.1) is 0 Å². The Kier molecular flexibility index (Phi) is 7.31. The summed E-state index contributed by atoms with van der Waals surface area (Å²) in [5.74, 6) is 0. The summed E-state index contributed by atoms with van der Waals surface area (Å²) in [5, 5.41) is 8.85. The molecule has 0 heterocycles. The van der Waals surface area contributed by atoms with Gasteiger partial charge in [-0.05, 0) is 40.4 Å². The molecule has 0 fully saturated rings. The SMILES string of the molecule is CCCN(CCN(C)C)CCC(C)(N)C#N. The van der Waals surface area contributed by atoms with Gasteiger partial charge in [-0.2, -0.15) is 5.26 Å². The maximum Gasteiger partial charge on any atom is 0.102 e. The van der Waals surface area contributed by atoms with Crippen LogP contribution in [0.4, 0.5) is 0 Å². The molecule has 0 aromatic rings. The van der Waals surface area contributed by atoms with E-state index in [9.17, 15) is 0 Å². The van der Waals surface area contributed by atoms with E-state index in [1.165, 1.54) is 0 Å². The number of nitriles is 1.